The van der Waals surface area contributed by atoms with Gasteiger partial charge in [-0.3, -0.25) is 0 Å². The van der Waals surface area contributed by atoms with Crippen LogP contribution in [0.15, 0.2) is 10.8 Å². The monoisotopic (exact) mass is 322 g/mol. The van der Waals surface area contributed by atoms with Crippen molar-refractivity contribution in [1.82, 2.24) is 9.97 Å². The number of aromatic nitrogens is 2. The highest BCUT2D eigenvalue weighted by atomic mass is 79.9. The molecule has 6 nitrogen and oxygen atoms in total. The van der Waals surface area contributed by atoms with Gasteiger partial charge in [-0.1, -0.05) is 0 Å². The topological polar surface area (TPSA) is 98.0 Å². The number of rotatable bonds is 4. The van der Waals surface area contributed by atoms with Gasteiger partial charge < -0.3 is 11.1 Å². The van der Waals surface area contributed by atoms with Crippen LogP contribution < -0.4 is 11.1 Å². The average molecular weight is 323 g/mol. The third-order valence-corrected chi connectivity index (χ3v) is 5.44. The zero-order valence-electron chi connectivity index (χ0n) is 9.86. The molecule has 0 aliphatic heterocycles. The minimum absolute atomic E-state index is 0.237. The zero-order valence-corrected chi connectivity index (χ0v) is 12.3. The lowest BCUT2D eigenvalue weighted by molar-refractivity contribution is 0.559. The Morgan fingerprint density at radius 3 is 2.59 bits per heavy atom. The van der Waals surface area contributed by atoms with Crippen molar-refractivity contribution in [3.05, 3.63) is 10.8 Å². The number of hydrogen-bond acceptors (Lipinski definition) is 6. The van der Waals surface area contributed by atoms with Crippen LogP contribution in [0.1, 0.15) is 13.8 Å². The lowest BCUT2D eigenvalue weighted by Crippen LogP contribution is -2.38. The van der Waals surface area contributed by atoms with E-state index in [4.69, 9.17) is 5.73 Å². The molecule has 0 unspecified atom stereocenters. The molecule has 1 rings (SSSR count). The second-order valence-corrected chi connectivity index (χ2v) is 7.75. The summed E-state index contributed by atoms with van der Waals surface area (Å²) in [6.07, 6.45) is 2.52. The van der Waals surface area contributed by atoms with Crippen LogP contribution in [-0.2, 0) is 9.84 Å². The van der Waals surface area contributed by atoms with E-state index in [9.17, 15) is 8.42 Å². The number of nitrogen functional groups attached to an aromatic ring is 1. The van der Waals surface area contributed by atoms with Crippen LogP contribution in [0.25, 0.3) is 0 Å². The second kappa shape index (κ2) is 4.77. The fraction of sp³-hybridized carbons (Fsp3) is 0.556. The summed E-state index contributed by atoms with van der Waals surface area (Å²) >= 11 is 3.24. The van der Waals surface area contributed by atoms with E-state index in [0.29, 0.717) is 16.1 Å². The Morgan fingerprint density at radius 2 is 2.06 bits per heavy atom. The third kappa shape index (κ3) is 3.29. The Morgan fingerprint density at radius 1 is 1.47 bits per heavy atom. The van der Waals surface area contributed by atoms with Gasteiger partial charge in [-0.15, -0.1) is 0 Å². The van der Waals surface area contributed by atoms with Gasteiger partial charge in [-0.2, -0.15) is 0 Å². The smallest absolute Gasteiger partial charge is 0.154 e. The van der Waals surface area contributed by atoms with Crippen molar-refractivity contribution in [2.45, 2.75) is 18.6 Å². The van der Waals surface area contributed by atoms with Gasteiger partial charge in [0.05, 0.1) is 4.75 Å². The summed E-state index contributed by atoms with van der Waals surface area (Å²) in [5.41, 5.74) is 5.59. The maximum atomic E-state index is 11.5. The molecule has 3 N–H and O–H groups in total. The molecular weight excluding hydrogens is 308 g/mol. The molecule has 1 aromatic rings. The van der Waals surface area contributed by atoms with E-state index in [-0.39, 0.29) is 6.54 Å². The van der Waals surface area contributed by atoms with Gasteiger partial charge in [0.15, 0.2) is 9.84 Å². The van der Waals surface area contributed by atoms with Crippen molar-refractivity contribution in [3.63, 3.8) is 0 Å². The summed E-state index contributed by atoms with van der Waals surface area (Å²) in [5.74, 6) is 0.786. The van der Waals surface area contributed by atoms with Crippen LogP contribution >= 0.6 is 15.9 Å². The summed E-state index contributed by atoms with van der Waals surface area (Å²) < 4.78 is 22.7. The summed E-state index contributed by atoms with van der Waals surface area (Å²) in [6, 6.07) is 0. The number of nitrogens with zero attached hydrogens (tertiary/aromatic N) is 2. The van der Waals surface area contributed by atoms with E-state index in [1.54, 1.807) is 13.8 Å². The standard InChI is InChI=1S/C9H15BrN4O2S/c1-9(2,17(3,15)16)4-12-8-6(10)7(11)13-5-14-8/h5H,4H2,1-3H3,(H3,11,12,13,14). The average Bonchev–Trinajstić information content (AvgIpc) is 2.18. The maximum absolute atomic E-state index is 11.5. The minimum Gasteiger partial charge on any atom is -0.383 e. The molecule has 0 spiro atoms. The van der Waals surface area contributed by atoms with E-state index in [1.165, 1.54) is 12.6 Å². The Kier molecular flexibility index (Phi) is 3.98. The first-order chi connectivity index (χ1) is 7.65. The van der Waals surface area contributed by atoms with Gasteiger partial charge in [-0.05, 0) is 29.8 Å². The largest absolute Gasteiger partial charge is 0.383 e. The van der Waals surface area contributed by atoms with Crippen molar-refractivity contribution in [2.24, 2.45) is 0 Å². The highest BCUT2D eigenvalue weighted by Gasteiger charge is 2.30. The number of nitrogens with one attached hydrogen (secondary N) is 1. The van der Waals surface area contributed by atoms with Gasteiger partial charge in [0.2, 0.25) is 0 Å². The van der Waals surface area contributed by atoms with E-state index >= 15 is 0 Å². The molecule has 0 aliphatic rings. The summed E-state index contributed by atoms with van der Waals surface area (Å²) in [5, 5.41) is 2.94. The highest BCUT2D eigenvalue weighted by Crippen LogP contribution is 2.25. The van der Waals surface area contributed by atoms with Crippen LogP contribution in [0.2, 0.25) is 0 Å². The molecule has 17 heavy (non-hydrogen) atoms. The van der Waals surface area contributed by atoms with Crippen LogP contribution in [0.5, 0.6) is 0 Å². The molecule has 96 valence electrons. The first kappa shape index (κ1) is 14.2. The molecule has 0 radical (unpaired) electrons. The van der Waals surface area contributed by atoms with Gasteiger partial charge in [0.25, 0.3) is 0 Å². The van der Waals surface area contributed by atoms with Crippen LogP contribution in [0, 0.1) is 0 Å². The number of anilines is 2. The molecule has 0 atom stereocenters. The van der Waals surface area contributed by atoms with E-state index in [0.717, 1.165) is 0 Å². The number of nitrogens with two attached hydrogens (primary N) is 1. The Labute approximate surface area is 109 Å². The molecule has 8 heteroatoms. The van der Waals surface area contributed by atoms with Gasteiger partial charge in [-0.25, -0.2) is 18.4 Å². The molecule has 1 aromatic heterocycles. The van der Waals surface area contributed by atoms with Gasteiger partial charge in [0.1, 0.15) is 22.4 Å². The van der Waals surface area contributed by atoms with Crippen molar-refractivity contribution in [1.29, 1.82) is 0 Å². The molecule has 0 amide bonds. The van der Waals surface area contributed by atoms with Crippen LogP contribution in [-0.4, -0.2) is 35.9 Å². The predicted octanol–water partition coefficient (Wildman–Crippen LogP) is 1.06. The summed E-state index contributed by atoms with van der Waals surface area (Å²) in [7, 11) is -3.15. The lowest BCUT2D eigenvalue weighted by Gasteiger charge is -2.23. The highest BCUT2D eigenvalue weighted by molar-refractivity contribution is 9.10. The molecule has 0 fully saturated rings. The fourth-order valence-electron chi connectivity index (χ4n) is 0.934. The number of hydrogen-bond donors (Lipinski definition) is 2. The van der Waals surface area contributed by atoms with E-state index in [2.05, 4.69) is 31.2 Å². The predicted molar refractivity (Wildman–Crippen MR) is 71.6 cm³/mol. The Balaban J connectivity index is 2.85. The van der Waals surface area contributed by atoms with Gasteiger partial charge >= 0.3 is 0 Å². The third-order valence-electron chi connectivity index (χ3n) is 2.50. The van der Waals surface area contributed by atoms with E-state index < -0.39 is 14.6 Å². The van der Waals surface area contributed by atoms with E-state index in [1.807, 2.05) is 0 Å². The van der Waals surface area contributed by atoms with Gasteiger partial charge in [0, 0.05) is 12.8 Å². The first-order valence-electron chi connectivity index (χ1n) is 4.84. The molecular formula is C9H15BrN4O2S. The number of sulfone groups is 1. The molecule has 0 aliphatic carbocycles. The minimum atomic E-state index is -3.15. The molecule has 0 aromatic carbocycles. The molecule has 0 bridgehead atoms. The SMILES string of the molecule is CC(C)(CNc1ncnc(N)c1Br)S(C)(=O)=O. The fourth-order valence-corrected chi connectivity index (χ4v) is 1.61. The summed E-state index contributed by atoms with van der Waals surface area (Å²) in [4.78, 5) is 7.77. The Hall–Kier alpha value is -0.890. The maximum Gasteiger partial charge on any atom is 0.154 e. The zero-order chi connectivity index (χ0) is 13.3. The van der Waals surface area contributed by atoms with Crippen molar-refractivity contribution in [2.75, 3.05) is 23.9 Å². The lowest BCUT2D eigenvalue weighted by atomic mass is 10.2. The number of halogens is 1. The van der Waals surface area contributed by atoms with Crippen molar-refractivity contribution >= 4 is 37.4 Å². The summed E-state index contributed by atoms with van der Waals surface area (Å²) in [6.45, 7) is 3.53. The normalized spacial score (nSPS) is 12.5. The molecule has 0 saturated heterocycles. The van der Waals surface area contributed by atoms with Crippen LogP contribution in [0.4, 0.5) is 11.6 Å². The van der Waals surface area contributed by atoms with Crippen molar-refractivity contribution < 1.29 is 8.42 Å². The van der Waals surface area contributed by atoms with Crippen LogP contribution in [0.3, 0.4) is 0 Å². The Bertz CT molecular complexity index is 516. The van der Waals surface area contributed by atoms with Crippen molar-refractivity contribution in [3.8, 4) is 0 Å². The molecule has 0 saturated carbocycles. The first-order valence-corrected chi connectivity index (χ1v) is 7.53. The quantitative estimate of drug-likeness (QED) is 0.860. The molecule has 1 heterocycles. The second-order valence-electron chi connectivity index (χ2n) is 4.31.